The molecule has 1 heterocycles. The lowest BCUT2D eigenvalue weighted by Gasteiger charge is -2.25. The summed E-state index contributed by atoms with van der Waals surface area (Å²) in [5.74, 6) is 0.773. The molecule has 1 aromatic carbocycles. The van der Waals surface area contributed by atoms with Crippen LogP contribution in [0.3, 0.4) is 0 Å². The maximum atomic E-state index is 9.90. The minimum Gasteiger partial charge on any atom is -0.491 e. The van der Waals surface area contributed by atoms with Crippen LogP contribution in [0.2, 0.25) is 0 Å². The van der Waals surface area contributed by atoms with Gasteiger partial charge in [0.1, 0.15) is 18.5 Å². The molecule has 3 N–H and O–H groups in total. The molecule has 0 bridgehead atoms. The van der Waals surface area contributed by atoms with E-state index >= 15 is 0 Å². The molecule has 19 heavy (non-hydrogen) atoms. The van der Waals surface area contributed by atoms with Gasteiger partial charge in [-0.25, -0.2) is 0 Å². The summed E-state index contributed by atoms with van der Waals surface area (Å²) >= 11 is 3.39. The third kappa shape index (κ3) is 5.48. The second kappa shape index (κ2) is 7.85. The van der Waals surface area contributed by atoms with E-state index in [1.165, 1.54) is 0 Å². The lowest BCUT2D eigenvalue weighted by molar-refractivity contribution is 0.102. The minimum atomic E-state index is -0.478. The molecule has 5 heteroatoms. The van der Waals surface area contributed by atoms with Crippen LogP contribution < -0.4 is 15.4 Å². The minimum absolute atomic E-state index is 0.314. The van der Waals surface area contributed by atoms with Gasteiger partial charge < -0.3 is 20.5 Å². The summed E-state index contributed by atoms with van der Waals surface area (Å²) in [5, 5.41) is 16.6. The standard InChI is InChI=1S/C14H21BrN2O2/c15-11-2-1-3-14(8-11)19-10-13(18)9-17-12-4-6-16-7-5-12/h1-3,8,12-13,16-18H,4-7,9-10H2/t13-/m0/s1. The van der Waals surface area contributed by atoms with Gasteiger partial charge in [0.25, 0.3) is 0 Å². The summed E-state index contributed by atoms with van der Waals surface area (Å²) in [6.07, 6.45) is 1.77. The Morgan fingerprint density at radius 1 is 1.42 bits per heavy atom. The fraction of sp³-hybridized carbons (Fsp3) is 0.571. The highest BCUT2D eigenvalue weighted by atomic mass is 79.9. The van der Waals surface area contributed by atoms with E-state index in [2.05, 4.69) is 26.6 Å². The Bertz CT molecular complexity index is 383. The molecule has 0 unspecified atom stereocenters. The van der Waals surface area contributed by atoms with Crippen molar-refractivity contribution in [3.8, 4) is 5.75 Å². The number of halogens is 1. The van der Waals surface area contributed by atoms with Crippen molar-refractivity contribution >= 4 is 15.9 Å². The average molecular weight is 329 g/mol. The maximum absolute atomic E-state index is 9.90. The van der Waals surface area contributed by atoms with E-state index in [1.54, 1.807) is 0 Å². The normalized spacial score (nSPS) is 18.2. The van der Waals surface area contributed by atoms with Crippen molar-refractivity contribution in [2.75, 3.05) is 26.2 Å². The molecule has 1 fully saturated rings. The first-order valence-corrected chi connectivity index (χ1v) is 7.54. The zero-order chi connectivity index (χ0) is 13.5. The molecule has 1 saturated heterocycles. The van der Waals surface area contributed by atoms with Crippen LogP contribution in [0.1, 0.15) is 12.8 Å². The smallest absolute Gasteiger partial charge is 0.120 e. The van der Waals surface area contributed by atoms with Crippen LogP contribution in [0, 0.1) is 0 Å². The first-order chi connectivity index (χ1) is 9.24. The fourth-order valence-corrected chi connectivity index (χ4v) is 2.52. The van der Waals surface area contributed by atoms with Crippen molar-refractivity contribution in [3.63, 3.8) is 0 Å². The Morgan fingerprint density at radius 2 is 2.21 bits per heavy atom. The second-order valence-corrected chi connectivity index (χ2v) is 5.77. The number of benzene rings is 1. The topological polar surface area (TPSA) is 53.5 Å². The van der Waals surface area contributed by atoms with Gasteiger partial charge in [0.2, 0.25) is 0 Å². The van der Waals surface area contributed by atoms with Crippen molar-refractivity contribution in [2.45, 2.75) is 25.0 Å². The van der Waals surface area contributed by atoms with Gasteiger partial charge in [-0.05, 0) is 44.1 Å². The van der Waals surface area contributed by atoms with Crippen molar-refractivity contribution in [2.24, 2.45) is 0 Å². The Morgan fingerprint density at radius 3 is 2.95 bits per heavy atom. The summed E-state index contributed by atoms with van der Waals surface area (Å²) < 4.78 is 6.54. The van der Waals surface area contributed by atoms with Crippen molar-refractivity contribution < 1.29 is 9.84 Å². The van der Waals surface area contributed by atoms with Crippen molar-refractivity contribution in [1.29, 1.82) is 0 Å². The van der Waals surface area contributed by atoms with Crippen molar-refractivity contribution in [3.05, 3.63) is 28.7 Å². The average Bonchev–Trinajstić information content (AvgIpc) is 2.44. The quantitative estimate of drug-likeness (QED) is 0.741. The molecule has 1 aromatic rings. The second-order valence-electron chi connectivity index (χ2n) is 4.85. The summed E-state index contributed by atoms with van der Waals surface area (Å²) in [4.78, 5) is 0. The third-order valence-electron chi connectivity index (χ3n) is 3.22. The van der Waals surface area contributed by atoms with E-state index in [4.69, 9.17) is 4.74 Å². The SMILES string of the molecule is O[C@@H](CNC1CCNCC1)COc1cccc(Br)c1. The van der Waals surface area contributed by atoms with E-state index in [9.17, 15) is 5.11 Å². The van der Waals surface area contributed by atoms with Gasteiger partial charge in [-0.3, -0.25) is 0 Å². The number of aliphatic hydroxyl groups excluding tert-OH is 1. The number of rotatable bonds is 6. The number of hydrogen-bond acceptors (Lipinski definition) is 4. The number of aliphatic hydroxyl groups is 1. The van der Waals surface area contributed by atoms with Crippen LogP contribution in [0.5, 0.6) is 5.75 Å². The zero-order valence-corrected chi connectivity index (χ0v) is 12.5. The lowest BCUT2D eigenvalue weighted by Crippen LogP contribution is -2.43. The highest BCUT2D eigenvalue weighted by Gasteiger charge is 2.14. The molecule has 4 nitrogen and oxygen atoms in total. The predicted octanol–water partition coefficient (Wildman–Crippen LogP) is 1.53. The van der Waals surface area contributed by atoms with Crippen LogP contribution in [0.15, 0.2) is 28.7 Å². The molecule has 1 aliphatic heterocycles. The molecule has 0 aromatic heterocycles. The van der Waals surface area contributed by atoms with Crippen LogP contribution >= 0.6 is 15.9 Å². The Balaban J connectivity index is 1.65. The first-order valence-electron chi connectivity index (χ1n) is 6.74. The molecular weight excluding hydrogens is 308 g/mol. The van der Waals surface area contributed by atoms with E-state index in [1.807, 2.05) is 24.3 Å². The number of hydrogen-bond donors (Lipinski definition) is 3. The largest absolute Gasteiger partial charge is 0.491 e. The van der Waals surface area contributed by atoms with E-state index in [-0.39, 0.29) is 0 Å². The first kappa shape index (κ1) is 14.8. The molecule has 1 aliphatic rings. The van der Waals surface area contributed by atoms with Gasteiger partial charge >= 0.3 is 0 Å². The monoisotopic (exact) mass is 328 g/mol. The molecule has 0 radical (unpaired) electrons. The zero-order valence-electron chi connectivity index (χ0n) is 10.9. The molecule has 106 valence electrons. The Labute approximate surface area is 122 Å². The van der Waals surface area contributed by atoms with Crippen LogP contribution in [-0.4, -0.2) is 43.5 Å². The van der Waals surface area contributed by atoms with Gasteiger partial charge in [0.05, 0.1) is 0 Å². The summed E-state index contributed by atoms with van der Waals surface area (Å²) in [6, 6.07) is 8.16. The third-order valence-corrected chi connectivity index (χ3v) is 3.71. The number of piperidine rings is 1. The lowest BCUT2D eigenvalue weighted by atomic mass is 10.1. The number of ether oxygens (including phenoxy) is 1. The molecule has 2 rings (SSSR count). The summed E-state index contributed by atoms with van der Waals surface area (Å²) in [6.45, 7) is 3.01. The number of nitrogens with one attached hydrogen (secondary N) is 2. The maximum Gasteiger partial charge on any atom is 0.120 e. The van der Waals surface area contributed by atoms with Crippen molar-refractivity contribution in [1.82, 2.24) is 10.6 Å². The van der Waals surface area contributed by atoms with Gasteiger partial charge in [-0.2, -0.15) is 0 Å². The van der Waals surface area contributed by atoms with Gasteiger partial charge in [0.15, 0.2) is 0 Å². The van der Waals surface area contributed by atoms with Gasteiger partial charge in [-0.15, -0.1) is 0 Å². The molecular formula is C14H21BrN2O2. The summed E-state index contributed by atoms with van der Waals surface area (Å²) in [5.41, 5.74) is 0. The van der Waals surface area contributed by atoms with E-state index < -0.39 is 6.10 Å². The van der Waals surface area contributed by atoms with Gasteiger partial charge in [0, 0.05) is 17.1 Å². The highest BCUT2D eigenvalue weighted by Crippen LogP contribution is 2.17. The molecule has 0 amide bonds. The Kier molecular flexibility index (Phi) is 6.10. The fourth-order valence-electron chi connectivity index (χ4n) is 2.14. The van der Waals surface area contributed by atoms with E-state index in [0.717, 1.165) is 36.2 Å². The molecule has 1 atom stereocenters. The van der Waals surface area contributed by atoms with Crippen LogP contribution in [0.25, 0.3) is 0 Å². The Hall–Kier alpha value is -0.620. The van der Waals surface area contributed by atoms with Crippen LogP contribution in [-0.2, 0) is 0 Å². The predicted molar refractivity (Wildman–Crippen MR) is 79.5 cm³/mol. The van der Waals surface area contributed by atoms with Crippen LogP contribution in [0.4, 0.5) is 0 Å². The molecule has 0 saturated carbocycles. The van der Waals surface area contributed by atoms with Gasteiger partial charge in [-0.1, -0.05) is 22.0 Å². The molecule has 0 spiro atoms. The molecule has 0 aliphatic carbocycles. The highest BCUT2D eigenvalue weighted by molar-refractivity contribution is 9.10. The van der Waals surface area contributed by atoms with E-state index in [0.29, 0.717) is 19.2 Å². The summed E-state index contributed by atoms with van der Waals surface area (Å²) in [7, 11) is 0.